The Morgan fingerprint density at radius 2 is 0.689 bits per heavy atom. The summed E-state index contributed by atoms with van der Waals surface area (Å²) in [6.07, 6.45) is 48.0. The van der Waals surface area contributed by atoms with Gasteiger partial charge in [-0.1, -0.05) is 127 Å². The Hall–Kier alpha value is -2.10. The third-order valence-electron chi connectivity index (χ3n) is 7.98. The molecule has 0 heterocycles. The van der Waals surface area contributed by atoms with E-state index in [1.54, 1.807) is 0 Å². The van der Waals surface area contributed by atoms with Crippen molar-refractivity contribution in [1.29, 1.82) is 0 Å². The molecule has 0 saturated heterocycles. The van der Waals surface area contributed by atoms with Gasteiger partial charge in [0.25, 0.3) is 0 Å². The van der Waals surface area contributed by atoms with Crippen molar-refractivity contribution in [3.05, 3.63) is 48.6 Å². The molecule has 4 nitrogen and oxygen atoms in total. The summed E-state index contributed by atoms with van der Waals surface area (Å²) in [6.45, 7) is 5.43. The van der Waals surface area contributed by atoms with Crippen molar-refractivity contribution in [3.63, 3.8) is 0 Å². The fraction of sp³-hybridized carbons (Fsp3) is 0.756. The quantitative estimate of drug-likeness (QED) is 0.0404. The van der Waals surface area contributed by atoms with Gasteiger partial charge in [0.2, 0.25) is 0 Å². The van der Waals surface area contributed by atoms with E-state index < -0.39 is 0 Å². The number of hydrogen-bond donors (Lipinski definition) is 0. The van der Waals surface area contributed by atoms with Gasteiger partial charge in [-0.3, -0.25) is 9.59 Å². The molecule has 0 aliphatic rings. The molecule has 0 saturated carbocycles. The Bertz CT molecular complexity index is 687. The molecule has 0 rings (SSSR count). The second-order valence-corrected chi connectivity index (χ2v) is 12.5. The molecular formula is C41H72O4. The molecule has 0 unspecified atom stereocenters. The molecule has 0 atom stereocenters. The fourth-order valence-electron chi connectivity index (χ4n) is 5.06. The van der Waals surface area contributed by atoms with Gasteiger partial charge in [0.05, 0.1) is 13.2 Å². The van der Waals surface area contributed by atoms with E-state index in [4.69, 9.17) is 9.47 Å². The summed E-state index contributed by atoms with van der Waals surface area (Å²) < 4.78 is 10.7. The number of carbonyl (C=O) groups excluding carboxylic acids is 2. The maximum atomic E-state index is 11.9. The van der Waals surface area contributed by atoms with Crippen LogP contribution in [-0.2, 0) is 19.1 Å². The largest absolute Gasteiger partial charge is 0.466 e. The zero-order chi connectivity index (χ0) is 32.7. The van der Waals surface area contributed by atoms with Crippen molar-refractivity contribution in [1.82, 2.24) is 0 Å². The maximum Gasteiger partial charge on any atom is 0.305 e. The fourth-order valence-corrected chi connectivity index (χ4v) is 5.06. The number of ether oxygens (including phenoxy) is 2. The van der Waals surface area contributed by atoms with Crippen LogP contribution in [0.15, 0.2) is 48.6 Å². The topological polar surface area (TPSA) is 52.6 Å². The summed E-state index contributed by atoms with van der Waals surface area (Å²) in [5, 5.41) is 0. The zero-order valence-electron chi connectivity index (χ0n) is 29.8. The summed E-state index contributed by atoms with van der Waals surface area (Å²) in [5.41, 5.74) is 0. The molecule has 0 spiro atoms. The van der Waals surface area contributed by atoms with Crippen LogP contribution in [0, 0.1) is 0 Å². The standard InChI is InChI=1S/C41H72O4/c1-3-5-7-9-11-13-15-17-19-21-23-25-27-29-32-36-40(42)44-38-34-31-35-39-45-41(43)37-33-30-28-26-24-22-20-18-16-14-12-10-8-6-4-2/h11-14,17-20H,3-10,15-16,21-39H2,1-2H3. The van der Waals surface area contributed by atoms with Crippen LogP contribution in [-0.4, -0.2) is 25.2 Å². The predicted molar refractivity (Wildman–Crippen MR) is 194 cm³/mol. The highest BCUT2D eigenvalue weighted by atomic mass is 16.5. The van der Waals surface area contributed by atoms with Crippen LogP contribution >= 0.6 is 0 Å². The van der Waals surface area contributed by atoms with Gasteiger partial charge in [0.1, 0.15) is 0 Å². The Morgan fingerprint density at radius 1 is 0.378 bits per heavy atom. The van der Waals surface area contributed by atoms with Crippen LogP contribution in [0.5, 0.6) is 0 Å². The van der Waals surface area contributed by atoms with Gasteiger partial charge in [0.15, 0.2) is 0 Å². The minimum atomic E-state index is -0.0792. The van der Waals surface area contributed by atoms with E-state index in [1.165, 1.54) is 89.9 Å². The molecule has 0 aliphatic carbocycles. The van der Waals surface area contributed by atoms with Gasteiger partial charge in [0, 0.05) is 12.8 Å². The van der Waals surface area contributed by atoms with E-state index in [0.29, 0.717) is 26.1 Å². The van der Waals surface area contributed by atoms with Crippen molar-refractivity contribution in [2.45, 2.75) is 187 Å². The van der Waals surface area contributed by atoms with Crippen LogP contribution in [0.4, 0.5) is 0 Å². The molecule has 0 fully saturated rings. The summed E-state index contributed by atoms with van der Waals surface area (Å²) in [6, 6.07) is 0. The first-order chi connectivity index (χ1) is 22.2. The minimum absolute atomic E-state index is 0.0792. The summed E-state index contributed by atoms with van der Waals surface area (Å²) >= 11 is 0. The smallest absolute Gasteiger partial charge is 0.305 e. The van der Waals surface area contributed by atoms with Gasteiger partial charge in [-0.2, -0.15) is 0 Å². The van der Waals surface area contributed by atoms with E-state index in [0.717, 1.165) is 70.6 Å². The van der Waals surface area contributed by atoms with Crippen molar-refractivity contribution >= 4 is 11.9 Å². The average molecular weight is 629 g/mol. The molecule has 0 aromatic heterocycles. The monoisotopic (exact) mass is 629 g/mol. The van der Waals surface area contributed by atoms with E-state index in [1.807, 2.05) is 0 Å². The van der Waals surface area contributed by atoms with Crippen LogP contribution in [0.3, 0.4) is 0 Å². The highest BCUT2D eigenvalue weighted by Crippen LogP contribution is 2.11. The number of unbranched alkanes of at least 4 members (excludes halogenated alkanes) is 18. The van der Waals surface area contributed by atoms with E-state index >= 15 is 0 Å². The van der Waals surface area contributed by atoms with Crippen LogP contribution in [0.25, 0.3) is 0 Å². The summed E-state index contributed by atoms with van der Waals surface area (Å²) in [5.74, 6) is -0.158. The Labute approximate surface area is 279 Å². The maximum absolute atomic E-state index is 11.9. The molecule has 0 amide bonds. The SMILES string of the molecule is CCCCCC=CCC=CCCCCCCCC(=O)OCCCCCOC(=O)CCCCCCCC=CCC=CCCCCC. The van der Waals surface area contributed by atoms with E-state index in [2.05, 4.69) is 62.5 Å². The average Bonchev–Trinajstić information content (AvgIpc) is 3.04. The first-order valence-corrected chi connectivity index (χ1v) is 19.1. The number of rotatable bonds is 34. The number of hydrogen-bond acceptors (Lipinski definition) is 4. The van der Waals surface area contributed by atoms with Gasteiger partial charge in [-0.15, -0.1) is 0 Å². The van der Waals surface area contributed by atoms with Crippen molar-refractivity contribution in [3.8, 4) is 0 Å². The van der Waals surface area contributed by atoms with Crippen molar-refractivity contribution in [2.75, 3.05) is 13.2 Å². The second kappa shape index (κ2) is 38.1. The molecule has 4 heteroatoms. The molecule has 0 aromatic carbocycles. The molecule has 0 N–H and O–H groups in total. The molecule has 0 radical (unpaired) electrons. The molecular weight excluding hydrogens is 556 g/mol. The van der Waals surface area contributed by atoms with Crippen molar-refractivity contribution in [2.24, 2.45) is 0 Å². The lowest BCUT2D eigenvalue weighted by atomic mass is 10.1. The summed E-state index contributed by atoms with van der Waals surface area (Å²) in [7, 11) is 0. The Balaban J connectivity index is 3.36. The third kappa shape index (κ3) is 38.0. The lowest BCUT2D eigenvalue weighted by molar-refractivity contribution is -0.144. The van der Waals surface area contributed by atoms with Gasteiger partial charge < -0.3 is 9.47 Å². The first kappa shape index (κ1) is 42.9. The normalized spacial score (nSPS) is 12.0. The molecule has 0 aromatic rings. The van der Waals surface area contributed by atoms with Gasteiger partial charge >= 0.3 is 11.9 Å². The molecule has 45 heavy (non-hydrogen) atoms. The molecule has 0 aliphatic heterocycles. The first-order valence-electron chi connectivity index (χ1n) is 19.1. The van der Waals surface area contributed by atoms with E-state index in [-0.39, 0.29) is 11.9 Å². The van der Waals surface area contributed by atoms with Crippen molar-refractivity contribution < 1.29 is 19.1 Å². The van der Waals surface area contributed by atoms with Crippen LogP contribution in [0.1, 0.15) is 187 Å². The van der Waals surface area contributed by atoms with Crippen LogP contribution in [0.2, 0.25) is 0 Å². The Morgan fingerprint density at radius 3 is 1.07 bits per heavy atom. The molecule has 260 valence electrons. The van der Waals surface area contributed by atoms with Gasteiger partial charge in [-0.25, -0.2) is 0 Å². The highest BCUT2D eigenvalue weighted by molar-refractivity contribution is 5.69. The lowest BCUT2D eigenvalue weighted by Gasteiger charge is -2.06. The zero-order valence-corrected chi connectivity index (χ0v) is 29.8. The van der Waals surface area contributed by atoms with Crippen LogP contribution < -0.4 is 0 Å². The molecule has 0 bridgehead atoms. The summed E-state index contributed by atoms with van der Waals surface area (Å²) in [4.78, 5) is 23.9. The number of esters is 2. The minimum Gasteiger partial charge on any atom is -0.466 e. The highest BCUT2D eigenvalue weighted by Gasteiger charge is 2.04. The van der Waals surface area contributed by atoms with E-state index in [9.17, 15) is 9.59 Å². The van der Waals surface area contributed by atoms with Gasteiger partial charge in [-0.05, 0) is 96.3 Å². The predicted octanol–water partition coefficient (Wildman–Crippen LogP) is 12.9. The third-order valence-corrected chi connectivity index (χ3v) is 7.98. The second-order valence-electron chi connectivity index (χ2n) is 12.5. The Kier molecular flexibility index (Phi) is 36.3. The number of carbonyl (C=O) groups is 2. The number of allylic oxidation sites excluding steroid dienone is 8. The lowest BCUT2D eigenvalue weighted by Crippen LogP contribution is -2.07.